The number of ether oxygens (including phenoxy) is 2. The van der Waals surface area contributed by atoms with Crippen molar-refractivity contribution in [1.29, 1.82) is 0 Å². The van der Waals surface area contributed by atoms with Crippen molar-refractivity contribution >= 4 is 5.97 Å². The van der Waals surface area contributed by atoms with Gasteiger partial charge in [-0.25, -0.2) is 0 Å². The van der Waals surface area contributed by atoms with Crippen LogP contribution in [0.4, 0.5) is 0 Å². The van der Waals surface area contributed by atoms with Crippen LogP contribution < -0.4 is 0 Å². The summed E-state index contributed by atoms with van der Waals surface area (Å²) >= 11 is 0. The van der Waals surface area contributed by atoms with Gasteiger partial charge in [0.2, 0.25) is 0 Å². The third-order valence-electron chi connectivity index (χ3n) is 2.76. The molecule has 18 heavy (non-hydrogen) atoms. The zero-order valence-corrected chi connectivity index (χ0v) is 11.4. The van der Waals surface area contributed by atoms with Crippen LogP contribution in [0.1, 0.15) is 44.4 Å². The fourth-order valence-electron chi connectivity index (χ4n) is 1.83. The van der Waals surface area contributed by atoms with E-state index in [4.69, 9.17) is 9.47 Å². The van der Waals surface area contributed by atoms with E-state index in [9.17, 15) is 4.79 Å². The summed E-state index contributed by atoms with van der Waals surface area (Å²) in [6.45, 7) is 6.99. The summed E-state index contributed by atoms with van der Waals surface area (Å²) in [5.41, 5.74) is 2.30. The van der Waals surface area contributed by atoms with Gasteiger partial charge in [0.1, 0.15) is 0 Å². The van der Waals surface area contributed by atoms with Gasteiger partial charge in [-0.3, -0.25) is 4.79 Å². The van der Waals surface area contributed by atoms with E-state index in [0.717, 1.165) is 11.1 Å². The number of hydrogen-bond acceptors (Lipinski definition) is 3. The van der Waals surface area contributed by atoms with Crippen LogP contribution in [0.25, 0.3) is 0 Å². The van der Waals surface area contributed by atoms with Gasteiger partial charge < -0.3 is 9.47 Å². The summed E-state index contributed by atoms with van der Waals surface area (Å²) < 4.78 is 10.5. The van der Waals surface area contributed by atoms with E-state index in [1.54, 1.807) is 0 Å². The molecular formula is C15H22O3. The number of benzene rings is 1. The van der Waals surface area contributed by atoms with Gasteiger partial charge in [-0.05, 0) is 38.3 Å². The topological polar surface area (TPSA) is 35.5 Å². The Hall–Kier alpha value is -1.35. The molecule has 1 aromatic rings. The maximum atomic E-state index is 11.3. The Bertz CT molecular complexity index is 374. The van der Waals surface area contributed by atoms with Crippen molar-refractivity contribution < 1.29 is 14.3 Å². The van der Waals surface area contributed by atoms with E-state index in [1.807, 2.05) is 39.0 Å². The molecule has 100 valence electrons. The number of carbonyl (C=O) groups excluding carboxylic acids is 1. The number of rotatable bonds is 7. The molecule has 1 unspecified atom stereocenters. The molecule has 0 bridgehead atoms. The van der Waals surface area contributed by atoms with Gasteiger partial charge in [0.15, 0.2) is 0 Å². The first kappa shape index (κ1) is 14.7. The van der Waals surface area contributed by atoms with E-state index in [0.29, 0.717) is 26.1 Å². The summed E-state index contributed by atoms with van der Waals surface area (Å²) in [4.78, 5) is 11.3. The smallest absolute Gasteiger partial charge is 0.306 e. The highest BCUT2D eigenvalue weighted by Gasteiger charge is 2.07. The molecule has 0 aliphatic carbocycles. The van der Waals surface area contributed by atoms with Gasteiger partial charge in [-0.1, -0.05) is 24.3 Å². The van der Waals surface area contributed by atoms with E-state index < -0.39 is 0 Å². The van der Waals surface area contributed by atoms with E-state index >= 15 is 0 Å². The zero-order chi connectivity index (χ0) is 13.4. The van der Waals surface area contributed by atoms with Crippen LogP contribution >= 0.6 is 0 Å². The van der Waals surface area contributed by atoms with Crippen LogP contribution in [0.2, 0.25) is 0 Å². The number of carbonyl (C=O) groups is 1. The SMILES string of the molecule is CCOC(=O)CCc1cccc(C(C)OCC)c1. The summed E-state index contributed by atoms with van der Waals surface area (Å²) in [7, 11) is 0. The lowest BCUT2D eigenvalue weighted by Gasteiger charge is -2.13. The molecule has 1 aromatic carbocycles. The Morgan fingerprint density at radius 3 is 2.72 bits per heavy atom. The average Bonchev–Trinajstić information content (AvgIpc) is 2.37. The van der Waals surface area contributed by atoms with Crippen LogP contribution in [-0.2, 0) is 20.7 Å². The maximum absolute atomic E-state index is 11.3. The van der Waals surface area contributed by atoms with Crippen LogP contribution in [0.15, 0.2) is 24.3 Å². The first-order valence-electron chi connectivity index (χ1n) is 6.53. The van der Waals surface area contributed by atoms with Crippen LogP contribution in [0, 0.1) is 0 Å². The van der Waals surface area contributed by atoms with Crippen molar-refractivity contribution in [2.75, 3.05) is 13.2 Å². The molecule has 0 aliphatic heterocycles. The van der Waals surface area contributed by atoms with Crippen molar-refractivity contribution in [3.63, 3.8) is 0 Å². The second kappa shape index (κ2) is 7.88. The molecule has 3 nitrogen and oxygen atoms in total. The molecule has 0 N–H and O–H groups in total. The third-order valence-corrected chi connectivity index (χ3v) is 2.76. The third kappa shape index (κ3) is 4.88. The second-order valence-electron chi connectivity index (χ2n) is 4.15. The summed E-state index contributed by atoms with van der Waals surface area (Å²) in [6, 6.07) is 8.18. The van der Waals surface area contributed by atoms with Gasteiger partial charge in [0.25, 0.3) is 0 Å². The first-order valence-corrected chi connectivity index (χ1v) is 6.53. The van der Waals surface area contributed by atoms with Crippen LogP contribution in [0.3, 0.4) is 0 Å². The lowest BCUT2D eigenvalue weighted by molar-refractivity contribution is -0.143. The van der Waals surface area contributed by atoms with E-state index in [1.165, 1.54) is 0 Å². The normalized spacial score (nSPS) is 12.2. The van der Waals surface area contributed by atoms with E-state index in [-0.39, 0.29) is 12.1 Å². The highest BCUT2D eigenvalue weighted by molar-refractivity contribution is 5.69. The minimum Gasteiger partial charge on any atom is -0.466 e. The van der Waals surface area contributed by atoms with Gasteiger partial charge in [0.05, 0.1) is 12.7 Å². The second-order valence-corrected chi connectivity index (χ2v) is 4.15. The molecule has 0 fully saturated rings. The quantitative estimate of drug-likeness (QED) is 0.697. The molecule has 0 saturated carbocycles. The minimum absolute atomic E-state index is 0.0949. The molecule has 0 saturated heterocycles. The predicted molar refractivity (Wildman–Crippen MR) is 71.4 cm³/mol. The number of esters is 1. The molecule has 1 rings (SSSR count). The Kier molecular flexibility index (Phi) is 6.44. The maximum Gasteiger partial charge on any atom is 0.306 e. The van der Waals surface area contributed by atoms with Gasteiger partial charge in [-0.15, -0.1) is 0 Å². The molecule has 0 amide bonds. The molecule has 0 aromatic heterocycles. The van der Waals surface area contributed by atoms with E-state index in [2.05, 4.69) is 6.07 Å². The van der Waals surface area contributed by atoms with Gasteiger partial charge in [0, 0.05) is 13.0 Å². The Morgan fingerprint density at radius 2 is 2.06 bits per heavy atom. The number of aryl methyl sites for hydroxylation is 1. The Morgan fingerprint density at radius 1 is 1.28 bits per heavy atom. The molecular weight excluding hydrogens is 228 g/mol. The molecule has 3 heteroatoms. The van der Waals surface area contributed by atoms with Gasteiger partial charge >= 0.3 is 5.97 Å². The van der Waals surface area contributed by atoms with Gasteiger partial charge in [-0.2, -0.15) is 0 Å². The fourth-order valence-corrected chi connectivity index (χ4v) is 1.83. The number of hydrogen-bond donors (Lipinski definition) is 0. The largest absolute Gasteiger partial charge is 0.466 e. The van der Waals surface area contributed by atoms with Crippen LogP contribution in [0.5, 0.6) is 0 Å². The fraction of sp³-hybridized carbons (Fsp3) is 0.533. The summed E-state index contributed by atoms with van der Waals surface area (Å²) in [6.07, 6.45) is 1.24. The van der Waals surface area contributed by atoms with Crippen LogP contribution in [-0.4, -0.2) is 19.2 Å². The first-order chi connectivity index (χ1) is 8.67. The lowest BCUT2D eigenvalue weighted by Crippen LogP contribution is -2.05. The standard InChI is InChI=1S/C15H22O3/c1-4-17-12(3)14-8-6-7-13(11-14)9-10-15(16)18-5-2/h6-8,11-12H,4-5,9-10H2,1-3H3. The monoisotopic (exact) mass is 250 g/mol. The molecule has 0 heterocycles. The van der Waals surface area contributed by atoms with Crippen molar-refractivity contribution in [3.05, 3.63) is 35.4 Å². The lowest BCUT2D eigenvalue weighted by atomic mass is 10.0. The zero-order valence-electron chi connectivity index (χ0n) is 11.4. The predicted octanol–water partition coefficient (Wildman–Crippen LogP) is 3.28. The molecule has 1 atom stereocenters. The Labute approximate surface area is 109 Å². The average molecular weight is 250 g/mol. The van der Waals surface area contributed by atoms with Crippen molar-refractivity contribution in [2.24, 2.45) is 0 Å². The molecule has 0 aliphatic rings. The highest BCUT2D eigenvalue weighted by Crippen LogP contribution is 2.18. The summed E-state index contributed by atoms with van der Waals surface area (Å²) in [5.74, 6) is -0.138. The van der Waals surface area contributed by atoms with Crippen molar-refractivity contribution in [3.8, 4) is 0 Å². The molecule has 0 spiro atoms. The van der Waals surface area contributed by atoms with Crippen molar-refractivity contribution in [2.45, 2.75) is 39.7 Å². The minimum atomic E-state index is -0.138. The summed E-state index contributed by atoms with van der Waals surface area (Å²) in [5, 5.41) is 0. The Balaban J connectivity index is 2.56. The highest BCUT2D eigenvalue weighted by atomic mass is 16.5. The van der Waals surface area contributed by atoms with Crippen molar-refractivity contribution in [1.82, 2.24) is 0 Å². The molecule has 0 radical (unpaired) electrons.